The maximum Gasteiger partial charge on any atom is 0.342 e. The molecule has 51 heavy (non-hydrogen) atoms. The zero-order valence-corrected chi connectivity index (χ0v) is 32.1. The number of anilines is 3. The summed E-state index contributed by atoms with van der Waals surface area (Å²) in [5.41, 5.74) is 7.56. The Kier molecular flexibility index (Phi) is 14.1. The van der Waals surface area contributed by atoms with Gasteiger partial charge in [0.25, 0.3) is 5.72 Å². The van der Waals surface area contributed by atoms with E-state index in [0.717, 1.165) is 54.1 Å². The lowest BCUT2D eigenvalue weighted by Gasteiger charge is -2.42. The van der Waals surface area contributed by atoms with Crippen LogP contribution in [0.2, 0.25) is 0 Å². The Labute approximate surface area is 308 Å². The average molecular weight is 688 g/mol. The Bertz CT molecular complexity index is 1600. The fraction of sp³-hybridized carbons (Fsp3) is 0.478. The summed E-state index contributed by atoms with van der Waals surface area (Å²) < 4.78 is 6.70. The molecule has 2 heterocycles. The number of cyclic esters (lactones) is 1. The first-order valence-corrected chi connectivity index (χ1v) is 20.0. The van der Waals surface area contributed by atoms with Crippen molar-refractivity contribution in [3.63, 3.8) is 0 Å². The number of nitrogens with zero attached hydrogens (tertiary/aromatic N) is 3. The molecule has 0 radical (unpaired) electrons. The van der Waals surface area contributed by atoms with Crippen LogP contribution >= 0.6 is 0 Å². The summed E-state index contributed by atoms with van der Waals surface area (Å²) in [5.74, 6) is -0.352. The number of carbonyl (C=O) groups excluding carboxylic acids is 1. The predicted octanol–water partition coefficient (Wildman–Crippen LogP) is 12.3. The number of benzene rings is 3. The van der Waals surface area contributed by atoms with Crippen LogP contribution in [0.1, 0.15) is 143 Å². The van der Waals surface area contributed by atoms with Gasteiger partial charge in [-0.3, -0.25) is 9.88 Å². The molecule has 1 aromatic heterocycles. The summed E-state index contributed by atoms with van der Waals surface area (Å²) in [4.78, 5) is 23.3. The molecule has 4 aromatic rings. The van der Waals surface area contributed by atoms with Gasteiger partial charge >= 0.3 is 5.97 Å². The van der Waals surface area contributed by atoms with Gasteiger partial charge in [0.2, 0.25) is 0 Å². The van der Waals surface area contributed by atoms with Gasteiger partial charge in [-0.05, 0) is 112 Å². The van der Waals surface area contributed by atoms with E-state index in [1.165, 1.54) is 88.2 Å². The number of hydrogen-bond acceptors (Lipinski definition) is 5. The van der Waals surface area contributed by atoms with Crippen molar-refractivity contribution in [2.24, 2.45) is 0 Å². The summed E-state index contributed by atoms with van der Waals surface area (Å²) in [7, 11) is 0. The highest BCUT2D eigenvalue weighted by Crippen LogP contribution is 2.50. The number of fused-ring (bicyclic) bond motifs is 1. The predicted molar refractivity (Wildman–Crippen MR) is 214 cm³/mol. The van der Waals surface area contributed by atoms with Crippen LogP contribution in [0, 0.1) is 6.92 Å². The normalized spacial score (nSPS) is 15.1. The average Bonchev–Trinajstić information content (AvgIpc) is 3.45. The molecule has 0 N–H and O–H groups in total. The van der Waals surface area contributed by atoms with Gasteiger partial charge in [0.15, 0.2) is 0 Å². The quantitative estimate of drug-likeness (QED) is 0.0644. The number of aryl methyl sites for hydroxylation is 3. The van der Waals surface area contributed by atoms with E-state index in [1.807, 2.05) is 12.1 Å². The first kappa shape index (κ1) is 38.1. The van der Waals surface area contributed by atoms with Crippen LogP contribution in [-0.4, -0.2) is 24.0 Å². The lowest BCUT2D eigenvalue weighted by molar-refractivity contribution is 0.0120. The van der Waals surface area contributed by atoms with E-state index in [4.69, 9.17) is 9.72 Å². The zero-order chi connectivity index (χ0) is 36.1. The first-order chi connectivity index (χ1) is 25.0. The third-order valence-corrected chi connectivity index (χ3v) is 10.6. The Morgan fingerprint density at radius 3 is 1.65 bits per heavy atom. The molecular weight excluding hydrogens is 627 g/mol. The van der Waals surface area contributed by atoms with Crippen molar-refractivity contribution in [1.82, 2.24) is 4.98 Å². The molecule has 0 spiro atoms. The second-order valence-corrected chi connectivity index (χ2v) is 14.3. The maximum absolute atomic E-state index is 13.8. The van der Waals surface area contributed by atoms with Gasteiger partial charge in [-0.1, -0.05) is 108 Å². The van der Waals surface area contributed by atoms with Gasteiger partial charge < -0.3 is 9.64 Å². The molecule has 3 aromatic carbocycles. The Morgan fingerprint density at radius 1 is 0.627 bits per heavy atom. The third-order valence-electron chi connectivity index (χ3n) is 10.6. The SMILES string of the molecule is CCCCCCCCc1ccc(N(c2ccc(CCCCCCCC)cc2)C2(c3ccc(N(CC)CC)cc3C)OC(=O)c3cccnc32)cc1. The molecule has 0 aliphatic carbocycles. The molecule has 0 bridgehead atoms. The molecule has 5 nitrogen and oxygen atoms in total. The van der Waals surface area contributed by atoms with Crippen LogP contribution < -0.4 is 9.80 Å². The lowest BCUT2D eigenvalue weighted by atomic mass is 9.90. The van der Waals surface area contributed by atoms with Crippen molar-refractivity contribution >= 4 is 23.0 Å². The van der Waals surface area contributed by atoms with Crippen LogP contribution in [0.4, 0.5) is 17.1 Å². The number of pyridine rings is 1. The van der Waals surface area contributed by atoms with Gasteiger partial charge in [0.1, 0.15) is 5.69 Å². The number of hydrogen-bond donors (Lipinski definition) is 0. The molecule has 0 amide bonds. The summed E-state index contributed by atoms with van der Waals surface area (Å²) in [5, 5.41) is 0. The molecule has 0 saturated carbocycles. The molecule has 272 valence electrons. The van der Waals surface area contributed by atoms with E-state index < -0.39 is 5.72 Å². The van der Waals surface area contributed by atoms with Gasteiger partial charge in [-0.25, -0.2) is 4.79 Å². The number of unbranched alkanes of at least 4 members (excludes halogenated alkanes) is 10. The number of carbonyl (C=O) groups is 1. The van der Waals surface area contributed by atoms with Crippen LogP contribution in [0.3, 0.4) is 0 Å². The minimum Gasteiger partial charge on any atom is -0.424 e. The smallest absolute Gasteiger partial charge is 0.342 e. The summed E-state index contributed by atoms with van der Waals surface area (Å²) in [6.45, 7) is 12.9. The number of rotatable bonds is 21. The second-order valence-electron chi connectivity index (χ2n) is 14.3. The molecule has 1 atom stereocenters. The lowest BCUT2D eigenvalue weighted by Crippen LogP contribution is -2.46. The maximum atomic E-state index is 13.8. The standard InChI is InChI=1S/C46H61N3O2/c1-6-10-12-14-16-18-21-37-24-28-39(29-25-37)49(40-30-26-38(27-31-40)22-19-17-15-13-11-7-2)46(44-42(45(50)51-46)23-20-34-47-44)43-33-32-41(35-36(43)5)48(8-3)9-4/h20,23-35H,6-19,21-22H2,1-5H3. The van der Waals surface area contributed by atoms with Crippen LogP contribution in [0.25, 0.3) is 0 Å². The second kappa shape index (κ2) is 18.9. The van der Waals surface area contributed by atoms with Crippen LogP contribution in [0.15, 0.2) is 85.1 Å². The fourth-order valence-electron chi connectivity index (χ4n) is 7.70. The Morgan fingerprint density at radius 2 is 1.14 bits per heavy atom. The van der Waals surface area contributed by atoms with Crippen molar-refractivity contribution in [3.8, 4) is 0 Å². The highest BCUT2D eigenvalue weighted by molar-refractivity contribution is 5.96. The molecule has 1 aliphatic heterocycles. The van der Waals surface area contributed by atoms with Gasteiger partial charge in [0, 0.05) is 41.9 Å². The van der Waals surface area contributed by atoms with Crippen molar-refractivity contribution in [1.29, 1.82) is 0 Å². The molecular formula is C46H61N3O2. The monoisotopic (exact) mass is 687 g/mol. The van der Waals surface area contributed by atoms with Crippen molar-refractivity contribution < 1.29 is 9.53 Å². The molecule has 0 saturated heterocycles. The van der Waals surface area contributed by atoms with Crippen molar-refractivity contribution in [2.45, 2.75) is 130 Å². The Balaban J connectivity index is 1.56. The summed E-state index contributed by atoms with van der Waals surface area (Å²) >= 11 is 0. The van der Waals surface area contributed by atoms with Gasteiger partial charge in [0.05, 0.1) is 5.56 Å². The van der Waals surface area contributed by atoms with Crippen molar-refractivity contribution in [2.75, 3.05) is 22.9 Å². The topological polar surface area (TPSA) is 45.7 Å². The highest BCUT2D eigenvalue weighted by atomic mass is 16.6. The molecule has 1 aliphatic rings. The molecule has 1 unspecified atom stereocenters. The fourth-order valence-corrected chi connectivity index (χ4v) is 7.70. The van der Waals surface area contributed by atoms with Gasteiger partial charge in [-0.2, -0.15) is 0 Å². The minimum absolute atomic E-state index is 0.352. The van der Waals surface area contributed by atoms with E-state index in [2.05, 4.69) is 111 Å². The van der Waals surface area contributed by atoms with Gasteiger partial charge in [-0.15, -0.1) is 0 Å². The van der Waals surface area contributed by atoms with E-state index in [1.54, 1.807) is 6.20 Å². The molecule has 5 rings (SSSR count). The molecule has 0 fully saturated rings. The minimum atomic E-state index is -1.29. The largest absolute Gasteiger partial charge is 0.424 e. The zero-order valence-electron chi connectivity index (χ0n) is 32.1. The van der Waals surface area contributed by atoms with E-state index >= 15 is 0 Å². The number of ether oxygens (including phenoxy) is 1. The van der Waals surface area contributed by atoms with Crippen LogP contribution in [0.5, 0.6) is 0 Å². The first-order valence-electron chi connectivity index (χ1n) is 20.0. The number of aromatic nitrogens is 1. The number of esters is 1. The molecule has 5 heteroatoms. The van der Waals surface area contributed by atoms with Crippen molar-refractivity contribution in [3.05, 3.63) is 119 Å². The van der Waals surface area contributed by atoms with E-state index in [0.29, 0.717) is 11.3 Å². The summed E-state index contributed by atoms with van der Waals surface area (Å²) in [6, 6.07) is 28.0. The Hall–Kier alpha value is -4.12. The summed E-state index contributed by atoms with van der Waals surface area (Å²) in [6.07, 6.45) is 19.3. The van der Waals surface area contributed by atoms with Crippen LogP contribution in [-0.2, 0) is 23.3 Å². The van der Waals surface area contributed by atoms with E-state index in [9.17, 15) is 4.79 Å². The highest BCUT2D eigenvalue weighted by Gasteiger charge is 2.54. The van der Waals surface area contributed by atoms with E-state index in [-0.39, 0.29) is 5.97 Å². The third kappa shape index (κ3) is 9.04.